The SMILES string of the molecule is COc1ccc(C(N)=O)cc1NC(=O)COc1ccc(N(C)S(=O)(=O)c2cccs2)cc1. The van der Waals surface area contributed by atoms with Crippen molar-refractivity contribution in [3.8, 4) is 11.5 Å². The van der Waals surface area contributed by atoms with Crippen LogP contribution in [0, 0.1) is 0 Å². The Morgan fingerprint density at radius 2 is 1.84 bits per heavy atom. The van der Waals surface area contributed by atoms with Gasteiger partial charge in [0.2, 0.25) is 5.91 Å². The lowest BCUT2D eigenvalue weighted by molar-refractivity contribution is -0.118. The molecule has 3 aromatic rings. The van der Waals surface area contributed by atoms with Crippen molar-refractivity contribution in [1.82, 2.24) is 0 Å². The fourth-order valence-electron chi connectivity index (χ4n) is 2.73. The zero-order chi connectivity index (χ0) is 23.3. The average Bonchev–Trinajstić information content (AvgIpc) is 3.33. The Labute approximate surface area is 189 Å². The summed E-state index contributed by atoms with van der Waals surface area (Å²) in [4.78, 5) is 23.6. The standard InChI is InChI=1S/C21H21N3O6S2/c1-24(32(27,28)20-4-3-11-31-20)15-6-8-16(9-7-15)30-13-19(25)23-17-12-14(21(22)26)5-10-18(17)29-2/h3-12H,13H2,1-2H3,(H2,22,26)(H,23,25). The van der Waals surface area contributed by atoms with Crippen LogP contribution < -0.4 is 24.8 Å². The van der Waals surface area contributed by atoms with E-state index in [1.165, 1.54) is 36.7 Å². The number of carbonyl (C=O) groups is 2. The van der Waals surface area contributed by atoms with Crippen molar-refractivity contribution >= 4 is 44.5 Å². The molecule has 1 heterocycles. The van der Waals surface area contributed by atoms with Gasteiger partial charge in [0.1, 0.15) is 15.7 Å². The normalized spacial score (nSPS) is 10.9. The second-order valence-electron chi connectivity index (χ2n) is 6.51. The van der Waals surface area contributed by atoms with Crippen LogP contribution in [0.2, 0.25) is 0 Å². The first-order valence-corrected chi connectivity index (χ1v) is 11.6. The van der Waals surface area contributed by atoms with E-state index in [-0.39, 0.29) is 22.1 Å². The van der Waals surface area contributed by atoms with Gasteiger partial charge in [-0.2, -0.15) is 0 Å². The van der Waals surface area contributed by atoms with Gasteiger partial charge >= 0.3 is 0 Å². The maximum absolute atomic E-state index is 12.6. The molecule has 0 aliphatic rings. The minimum Gasteiger partial charge on any atom is -0.495 e. The molecule has 168 valence electrons. The molecule has 0 saturated carbocycles. The second kappa shape index (κ2) is 9.71. The molecule has 0 atom stereocenters. The number of nitrogens with zero attached hydrogens (tertiary/aromatic N) is 1. The fraction of sp³-hybridized carbons (Fsp3) is 0.143. The summed E-state index contributed by atoms with van der Waals surface area (Å²) in [6, 6.07) is 13.9. The summed E-state index contributed by atoms with van der Waals surface area (Å²) in [5.41, 5.74) is 6.22. The Balaban J connectivity index is 1.63. The molecule has 1 aromatic heterocycles. The molecule has 0 aliphatic carbocycles. The predicted molar refractivity (Wildman–Crippen MR) is 122 cm³/mol. The van der Waals surface area contributed by atoms with Crippen molar-refractivity contribution < 1.29 is 27.5 Å². The van der Waals surface area contributed by atoms with Crippen LogP contribution in [0.3, 0.4) is 0 Å². The maximum atomic E-state index is 12.6. The van der Waals surface area contributed by atoms with Crippen molar-refractivity contribution in [3.05, 3.63) is 65.5 Å². The van der Waals surface area contributed by atoms with Crippen LogP contribution in [-0.2, 0) is 14.8 Å². The highest BCUT2D eigenvalue weighted by Gasteiger charge is 2.22. The largest absolute Gasteiger partial charge is 0.495 e. The van der Waals surface area contributed by atoms with Gasteiger partial charge in [0.25, 0.3) is 15.9 Å². The first kappa shape index (κ1) is 23.1. The van der Waals surface area contributed by atoms with Crippen molar-refractivity contribution in [1.29, 1.82) is 0 Å². The zero-order valence-corrected chi connectivity index (χ0v) is 18.9. The van der Waals surface area contributed by atoms with Crippen LogP contribution in [0.15, 0.2) is 64.2 Å². The van der Waals surface area contributed by atoms with Gasteiger partial charge in [0.05, 0.1) is 18.5 Å². The van der Waals surface area contributed by atoms with Gasteiger partial charge in [-0.15, -0.1) is 11.3 Å². The lowest BCUT2D eigenvalue weighted by atomic mass is 10.1. The monoisotopic (exact) mass is 475 g/mol. The summed E-state index contributed by atoms with van der Waals surface area (Å²) in [7, 11) is -0.739. The maximum Gasteiger partial charge on any atom is 0.273 e. The summed E-state index contributed by atoms with van der Waals surface area (Å²) < 4.78 is 37.3. The van der Waals surface area contributed by atoms with E-state index < -0.39 is 21.8 Å². The van der Waals surface area contributed by atoms with Crippen LogP contribution >= 0.6 is 11.3 Å². The Morgan fingerprint density at radius 1 is 1.12 bits per heavy atom. The number of benzene rings is 2. The van der Waals surface area contributed by atoms with E-state index in [4.69, 9.17) is 15.2 Å². The molecular weight excluding hydrogens is 454 g/mol. The summed E-state index contributed by atoms with van der Waals surface area (Å²) in [6.07, 6.45) is 0. The Hall–Kier alpha value is -3.57. The third-order valence-electron chi connectivity index (χ3n) is 4.44. The minimum absolute atomic E-state index is 0.222. The number of methoxy groups -OCH3 is 1. The molecule has 32 heavy (non-hydrogen) atoms. The number of rotatable bonds is 9. The smallest absolute Gasteiger partial charge is 0.273 e. The van der Waals surface area contributed by atoms with Gasteiger partial charge in [-0.1, -0.05) is 6.07 Å². The molecule has 3 N–H and O–H groups in total. The molecule has 0 saturated heterocycles. The Bertz CT molecular complexity index is 1210. The highest BCUT2D eigenvalue weighted by atomic mass is 32.2. The number of nitrogens with two attached hydrogens (primary N) is 1. The summed E-state index contributed by atoms with van der Waals surface area (Å²) in [5, 5.41) is 4.31. The minimum atomic E-state index is -3.64. The first-order chi connectivity index (χ1) is 15.2. The number of ether oxygens (including phenoxy) is 2. The van der Waals surface area contributed by atoms with Crippen LogP contribution in [-0.4, -0.2) is 41.0 Å². The zero-order valence-electron chi connectivity index (χ0n) is 17.3. The molecule has 0 unspecified atom stereocenters. The van der Waals surface area contributed by atoms with Crippen LogP contribution in [0.5, 0.6) is 11.5 Å². The van der Waals surface area contributed by atoms with Crippen LogP contribution in [0.1, 0.15) is 10.4 Å². The lowest BCUT2D eigenvalue weighted by Gasteiger charge is -2.18. The molecule has 0 spiro atoms. The topological polar surface area (TPSA) is 128 Å². The molecule has 0 bridgehead atoms. The Kier molecular flexibility index (Phi) is 7.01. The summed E-state index contributed by atoms with van der Waals surface area (Å²) in [6.45, 7) is -0.313. The van der Waals surface area contributed by atoms with Crippen molar-refractivity contribution in [2.75, 3.05) is 30.4 Å². The van der Waals surface area contributed by atoms with Crippen molar-refractivity contribution in [2.24, 2.45) is 5.73 Å². The van der Waals surface area contributed by atoms with E-state index >= 15 is 0 Å². The molecule has 0 aliphatic heterocycles. The number of amides is 2. The predicted octanol–water partition coefficient (Wildman–Crippen LogP) is 2.70. The van der Waals surface area contributed by atoms with E-state index in [1.807, 2.05) is 0 Å². The van der Waals surface area contributed by atoms with Crippen molar-refractivity contribution in [3.63, 3.8) is 0 Å². The van der Waals surface area contributed by atoms with Crippen molar-refractivity contribution in [2.45, 2.75) is 4.21 Å². The molecule has 9 nitrogen and oxygen atoms in total. The second-order valence-corrected chi connectivity index (χ2v) is 9.66. The number of primary amides is 1. The number of anilines is 2. The van der Waals surface area contributed by atoms with E-state index in [9.17, 15) is 18.0 Å². The lowest BCUT2D eigenvalue weighted by Crippen LogP contribution is -2.25. The van der Waals surface area contributed by atoms with E-state index in [1.54, 1.807) is 41.8 Å². The number of thiophene rings is 1. The number of sulfonamides is 1. The molecule has 0 radical (unpaired) electrons. The molecule has 3 rings (SSSR count). The molecule has 0 fully saturated rings. The van der Waals surface area contributed by atoms with E-state index in [2.05, 4.69) is 5.32 Å². The van der Waals surface area contributed by atoms with Gasteiger partial charge < -0.3 is 20.5 Å². The van der Waals surface area contributed by atoms with Gasteiger partial charge in [0, 0.05) is 12.6 Å². The highest BCUT2D eigenvalue weighted by molar-refractivity contribution is 7.94. The third-order valence-corrected chi connectivity index (χ3v) is 7.60. The summed E-state index contributed by atoms with van der Waals surface area (Å²) in [5.74, 6) is -0.372. The number of hydrogen-bond acceptors (Lipinski definition) is 7. The van der Waals surface area contributed by atoms with Gasteiger partial charge in [-0.05, 0) is 53.9 Å². The van der Waals surface area contributed by atoms with E-state index in [0.29, 0.717) is 17.2 Å². The van der Waals surface area contributed by atoms with Gasteiger partial charge in [-0.3, -0.25) is 13.9 Å². The average molecular weight is 476 g/mol. The number of hydrogen-bond donors (Lipinski definition) is 2. The van der Waals surface area contributed by atoms with Crippen LogP contribution in [0.4, 0.5) is 11.4 Å². The summed E-state index contributed by atoms with van der Waals surface area (Å²) >= 11 is 1.14. The Morgan fingerprint density at radius 3 is 2.44 bits per heavy atom. The number of carbonyl (C=O) groups excluding carboxylic acids is 2. The molecule has 2 aromatic carbocycles. The molecular formula is C21H21N3O6S2. The van der Waals surface area contributed by atoms with E-state index in [0.717, 1.165) is 11.3 Å². The van der Waals surface area contributed by atoms with Gasteiger partial charge in [0.15, 0.2) is 6.61 Å². The van der Waals surface area contributed by atoms with Crippen LogP contribution in [0.25, 0.3) is 0 Å². The quantitative estimate of drug-likeness (QED) is 0.490. The third kappa shape index (κ3) is 5.18. The first-order valence-electron chi connectivity index (χ1n) is 9.25. The molecule has 2 amide bonds. The fourth-order valence-corrected chi connectivity index (χ4v) is 5.09. The number of nitrogens with one attached hydrogen (secondary N) is 1. The molecule has 11 heteroatoms. The highest BCUT2D eigenvalue weighted by Crippen LogP contribution is 2.27. The van der Waals surface area contributed by atoms with Gasteiger partial charge in [-0.25, -0.2) is 8.42 Å².